The minimum absolute atomic E-state index is 0. The van der Waals surface area contributed by atoms with Crippen LogP contribution in [-0.2, 0) is 36.9 Å². The third-order valence-electron chi connectivity index (χ3n) is 4.33. The molecule has 104 valence electrons. The molecule has 0 radical (unpaired) electrons. The van der Waals surface area contributed by atoms with Crippen LogP contribution in [0, 0.1) is 23.7 Å². The average molecular weight is 367 g/mol. The maximum Gasteiger partial charge on any atom is 2.00 e. The van der Waals surface area contributed by atoms with Gasteiger partial charge in [0.15, 0.2) is 0 Å². The van der Waals surface area contributed by atoms with E-state index in [2.05, 4.69) is 0 Å². The average Bonchev–Trinajstić information content (AvgIpc) is 2.87. The summed E-state index contributed by atoms with van der Waals surface area (Å²) in [4.78, 5) is 20.6. The SMILES string of the molecule is CC1CCCC1C(=O)[O-].CC1CCCC1C(=O)[O-].[Cd+2]. The Hall–Kier alpha value is -0.138. The van der Waals surface area contributed by atoms with Gasteiger partial charge in [-0.15, -0.1) is 0 Å². The Balaban J connectivity index is 0.000000324. The van der Waals surface area contributed by atoms with Crippen LogP contribution in [-0.4, -0.2) is 11.9 Å². The molecule has 0 aromatic heterocycles. The maximum atomic E-state index is 10.3. The van der Waals surface area contributed by atoms with Gasteiger partial charge in [0.1, 0.15) is 0 Å². The van der Waals surface area contributed by atoms with E-state index >= 15 is 0 Å². The van der Waals surface area contributed by atoms with Crippen LogP contribution in [0.2, 0.25) is 0 Å². The topological polar surface area (TPSA) is 80.3 Å². The summed E-state index contributed by atoms with van der Waals surface area (Å²) in [6, 6.07) is 0. The molecule has 2 rings (SSSR count). The predicted molar refractivity (Wildman–Crippen MR) is 63.0 cm³/mol. The Morgan fingerprint density at radius 1 is 0.789 bits per heavy atom. The number of carboxylic acid groups (broad SMARTS) is 2. The Morgan fingerprint density at radius 2 is 1.11 bits per heavy atom. The van der Waals surface area contributed by atoms with Gasteiger partial charge in [-0.3, -0.25) is 0 Å². The number of aliphatic carboxylic acids is 2. The molecule has 2 saturated carbocycles. The summed E-state index contributed by atoms with van der Waals surface area (Å²) in [5.74, 6) is -1.36. The Morgan fingerprint density at radius 3 is 1.21 bits per heavy atom. The molecule has 0 N–H and O–H groups in total. The molecule has 0 bridgehead atoms. The predicted octanol–water partition coefficient (Wildman–Crippen LogP) is 0.343. The summed E-state index contributed by atoms with van der Waals surface area (Å²) in [5.41, 5.74) is 0. The van der Waals surface area contributed by atoms with Gasteiger partial charge in [-0.05, 0) is 24.7 Å². The van der Waals surface area contributed by atoms with Gasteiger partial charge in [-0.25, -0.2) is 0 Å². The first kappa shape index (κ1) is 18.9. The summed E-state index contributed by atoms with van der Waals surface area (Å²) in [6.07, 6.45) is 5.86. The van der Waals surface area contributed by atoms with Crippen molar-refractivity contribution in [3.8, 4) is 0 Å². The van der Waals surface area contributed by atoms with Crippen molar-refractivity contribution in [1.29, 1.82) is 0 Å². The van der Waals surface area contributed by atoms with Gasteiger partial charge >= 0.3 is 27.3 Å². The van der Waals surface area contributed by atoms with Crippen molar-refractivity contribution < 1.29 is 47.1 Å². The fraction of sp³-hybridized carbons (Fsp3) is 0.857. The van der Waals surface area contributed by atoms with Crippen molar-refractivity contribution in [2.45, 2.75) is 52.4 Å². The molecule has 0 aromatic carbocycles. The second-order valence-electron chi connectivity index (χ2n) is 5.67. The molecule has 19 heavy (non-hydrogen) atoms. The van der Waals surface area contributed by atoms with E-state index in [1.807, 2.05) is 13.8 Å². The Labute approximate surface area is 135 Å². The molecule has 0 spiro atoms. The molecule has 2 fully saturated rings. The van der Waals surface area contributed by atoms with Crippen molar-refractivity contribution >= 4 is 11.9 Å². The van der Waals surface area contributed by atoms with E-state index in [-0.39, 0.29) is 39.1 Å². The van der Waals surface area contributed by atoms with Crippen LogP contribution >= 0.6 is 0 Å². The van der Waals surface area contributed by atoms with E-state index in [4.69, 9.17) is 0 Å². The first-order chi connectivity index (χ1) is 8.43. The van der Waals surface area contributed by atoms with Crippen molar-refractivity contribution in [1.82, 2.24) is 0 Å². The third-order valence-corrected chi connectivity index (χ3v) is 4.33. The van der Waals surface area contributed by atoms with Crippen molar-refractivity contribution in [2.75, 3.05) is 0 Å². The largest absolute Gasteiger partial charge is 2.00 e. The van der Waals surface area contributed by atoms with E-state index in [1.165, 1.54) is 0 Å². The number of rotatable bonds is 2. The van der Waals surface area contributed by atoms with Gasteiger partial charge in [-0.2, -0.15) is 0 Å². The van der Waals surface area contributed by atoms with Crippen LogP contribution in [0.15, 0.2) is 0 Å². The molecule has 0 amide bonds. The van der Waals surface area contributed by atoms with E-state index in [0.717, 1.165) is 38.5 Å². The van der Waals surface area contributed by atoms with Gasteiger partial charge in [0, 0.05) is 23.8 Å². The second kappa shape index (κ2) is 8.92. The van der Waals surface area contributed by atoms with Gasteiger partial charge in [0.25, 0.3) is 0 Å². The third kappa shape index (κ3) is 5.79. The summed E-state index contributed by atoms with van der Waals surface area (Å²) < 4.78 is 0. The minimum atomic E-state index is -0.861. The quantitative estimate of drug-likeness (QED) is 0.660. The smallest absolute Gasteiger partial charge is 0.550 e. The van der Waals surface area contributed by atoms with Crippen LogP contribution in [0.25, 0.3) is 0 Å². The summed E-state index contributed by atoms with van der Waals surface area (Å²) in [5, 5.41) is 20.6. The zero-order chi connectivity index (χ0) is 13.7. The molecule has 5 heteroatoms. The molecule has 4 atom stereocenters. The zero-order valence-corrected chi connectivity index (χ0v) is 15.9. The normalized spacial score (nSPS) is 32.9. The molecule has 0 aliphatic heterocycles. The van der Waals surface area contributed by atoms with Gasteiger partial charge < -0.3 is 19.8 Å². The second-order valence-corrected chi connectivity index (χ2v) is 5.67. The van der Waals surface area contributed by atoms with E-state index in [0.29, 0.717) is 11.8 Å². The summed E-state index contributed by atoms with van der Waals surface area (Å²) in [7, 11) is 0. The van der Waals surface area contributed by atoms with Crippen molar-refractivity contribution in [3.05, 3.63) is 0 Å². The van der Waals surface area contributed by atoms with Gasteiger partial charge in [-0.1, -0.05) is 39.5 Å². The Bertz CT molecular complexity index is 276. The number of carboxylic acids is 2. The minimum Gasteiger partial charge on any atom is -0.550 e. The maximum absolute atomic E-state index is 10.3. The standard InChI is InChI=1S/2C7H12O2.Cd/c2*1-5-3-2-4-6(5)7(8)9;/h2*5-6H,2-4H2,1H3,(H,8,9);/q;;+2/p-2. The van der Waals surface area contributed by atoms with Crippen molar-refractivity contribution in [2.24, 2.45) is 23.7 Å². The first-order valence-corrected chi connectivity index (χ1v) is 6.85. The number of carbonyl (C=O) groups excluding carboxylic acids is 2. The molecule has 0 heterocycles. The molecule has 2 aliphatic rings. The van der Waals surface area contributed by atoms with Crippen LogP contribution in [0.1, 0.15) is 52.4 Å². The van der Waals surface area contributed by atoms with E-state index < -0.39 is 11.9 Å². The number of hydrogen-bond acceptors (Lipinski definition) is 4. The van der Waals surface area contributed by atoms with Crippen LogP contribution in [0.4, 0.5) is 0 Å². The first-order valence-electron chi connectivity index (χ1n) is 6.85. The number of carbonyl (C=O) groups is 2. The fourth-order valence-electron chi connectivity index (χ4n) is 2.99. The van der Waals surface area contributed by atoms with Crippen LogP contribution in [0.5, 0.6) is 0 Å². The number of hydrogen-bond donors (Lipinski definition) is 0. The summed E-state index contributed by atoms with van der Waals surface area (Å²) in [6.45, 7) is 3.96. The molecule has 0 aromatic rings. The fourth-order valence-corrected chi connectivity index (χ4v) is 2.99. The van der Waals surface area contributed by atoms with Crippen molar-refractivity contribution in [3.63, 3.8) is 0 Å². The van der Waals surface area contributed by atoms with Gasteiger partial charge in [0.2, 0.25) is 0 Å². The zero-order valence-electron chi connectivity index (χ0n) is 11.9. The molecular weight excluding hydrogens is 345 g/mol. The molecule has 4 unspecified atom stereocenters. The Kier molecular flexibility index (Phi) is 8.85. The van der Waals surface area contributed by atoms with E-state index in [1.54, 1.807) is 0 Å². The molecular formula is C14H22CdO4. The van der Waals surface area contributed by atoms with E-state index in [9.17, 15) is 19.8 Å². The van der Waals surface area contributed by atoms with Crippen LogP contribution in [0.3, 0.4) is 0 Å². The molecule has 2 aliphatic carbocycles. The van der Waals surface area contributed by atoms with Gasteiger partial charge in [0.05, 0.1) is 0 Å². The molecule has 4 nitrogen and oxygen atoms in total. The molecule has 0 saturated heterocycles. The van der Waals surface area contributed by atoms with Crippen LogP contribution < -0.4 is 10.2 Å². The monoisotopic (exact) mass is 368 g/mol. The summed E-state index contributed by atoms with van der Waals surface area (Å²) >= 11 is 0.